The van der Waals surface area contributed by atoms with Crippen molar-refractivity contribution in [2.24, 2.45) is 11.8 Å². The lowest BCUT2D eigenvalue weighted by molar-refractivity contribution is -0.123. The highest BCUT2D eigenvalue weighted by Gasteiger charge is 2.64. The first kappa shape index (κ1) is 19.3. The van der Waals surface area contributed by atoms with Crippen molar-refractivity contribution in [2.75, 3.05) is 18.6 Å². The number of hydrogen-bond donors (Lipinski definition) is 0. The van der Waals surface area contributed by atoms with Crippen LogP contribution in [0.3, 0.4) is 0 Å². The molecular formula is C23H21ClN2O4. The first-order chi connectivity index (χ1) is 14.5. The van der Waals surface area contributed by atoms with Gasteiger partial charge in [-0.1, -0.05) is 11.6 Å². The van der Waals surface area contributed by atoms with Gasteiger partial charge in [0, 0.05) is 16.6 Å². The molecule has 0 aliphatic carbocycles. The number of Topliss-reactive ketones (excluding diaryl/α,β-unsaturated/α-hetero) is 1. The standard InChI is InChI=1S/C23H21ClN2O4/c1-30-16-10-4-13(5-11-16)21(27)20-19-18(17-3-2-12-25(17)20)22(28)26(23(19)29)15-8-6-14(24)7-9-15/h4-11,17-20H,2-3,12H2,1H3/t17-,18-,19+,20+/m1/s1. The normalized spacial score (nSPS) is 28.0. The van der Waals surface area contributed by atoms with E-state index < -0.39 is 17.9 Å². The Bertz CT molecular complexity index is 1020. The Balaban J connectivity index is 1.52. The molecule has 2 aromatic carbocycles. The van der Waals surface area contributed by atoms with Crippen molar-refractivity contribution >= 4 is 34.9 Å². The summed E-state index contributed by atoms with van der Waals surface area (Å²) in [5.74, 6) is -1.11. The summed E-state index contributed by atoms with van der Waals surface area (Å²) in [5.41, 5.74) is 1.03. The van der Waals surface area contributed by atoms with Gasteiger partial charge in [-0.2, -0.15) is 0 Å². The van der Waals surface area contributed by atoms with Crippen molar-refractivity contribution in [1.82, 2.24) is 4.90 Å². The summed E-state index contributed by atoms with van der Waals surface area (Å²) in [6, 6.07) is 12.9. The van der Waals surface area contributed by atoms with E-state index in [0.717, 1.165) is 19.4 Å². The molecule has 2 aromatic rings. The molecule has 5 rings (SSSR count). The van der Waals surface area contributed by atoms with Crippen LogP contribution in [0.5, 0.6) is 5.75 Å². The van der Waals surface area contributed by atoms with Crippen LogP contribution in [0, 0.1) is 11.8 Å². The average Bonchev–Trinajstić information content (AvgIpc) is 3.41. The minimum Gasteiger partial charge on any atom is -0.497 e. The number of amides is 2. The maximum Gasteiger partial charge on any atom is 0.239 e. The van der Waals surface area contributed by atoms with Gasteiger partial charge in [0.25, 0.3) is 0 Å². The Hall–Kier alpha value is -2.70. The van der Waals surface area contributed by atoms with E-state index in [1.165, 1.54) is 4.90 Å². The molecule has 30 heavy (non-hydrogen) atoms. The zero-order valence-electron chi connectivity index (χ0n) is 16.5. The molecule has 6 nitrogen and oxygen atoms in total. The second-order valence-corrected chi connectivity index (χ2v) is 8.46. The Kier molecular flexibility index (Phi) is 4.64. The molecule has 0 radical (unpaired) electrons. The van der Waals surface area contributed by atoms with Crippen molar-refractivity contribution in [1.29, 1.82) is 0 Å². The molecule has 2 amide bonds. The topological polar surface area (TPSA) is 66.9 Å². The van der Waals surface area contributed by atoms with Crippen LogP contribution in [0.1, 0.15) is 23.2 Å². The monoisotopic (exact) mass is 424 g/mol. The third-order valence-corrected chi connectivity index (χ3v) is 6.83. The second-order valence-electron chi connectivity index (χ2n) is 8.02. The predicted octanol–water partition coefficient (Wildman–Crippen LogP) is 3.18. The van der Waals surface area contributed by atoms with Gasteiger partial charge in [-0.15, -0.1) is 0 Å². The quantitative estimate of drug-likeness (QED) is 0.557. The largest absolute Gasteiger partial charge is 0.497 e. The van der Waals surface area contributed by atoms with Crippen molar-refractivity contribution in [3.05, 3.63) is 59.1 Å². The van der Waals surface area contributed by atoms with Gasteiger partial charge in [-0.3, -0.25) is 19.3 Å². The highest BCUT2D eigenvalue weighted by molar-refractivity contribution is 6.31. The molecule has 3 heterocycles. The van der Waals surface area contributed by atoms with Crippen LogP contribution >= 0.6 is 11.6 Å². The van der Waals surface area contributed by atoms with E-state index in [-0.39, 0.29) is 23.6 Å². The van der Waals surface area contributed by atoms with E-state index in [1.807, 2.05) is 0 Å². The van der Waals surface area contributed by atoms with E-state index >= 15 is 0 Å². The number of anilines is 1. The predicted molar refractivity (Wildman–Crippen MR) is 112 cm³/mol. The molecule has 4 atom stereocenters. The Morgan fingerprint density at radius 1 is 1.00 bits per heavy atom. The summed E-state index contributed by atoms with van der Waals surface area (Å²) in [5, 5.41) is 0.535. The van der Waals surface area contributed by atoms with E-state index in [1.54, 1.807) is 55.6 Å². The number of rotatable bonds is 4. The van der Waals surface area contributed by atoms with Gasteiger partial charge in [0.2, 0.25) is 11.8 Å². The highest BCUT2D eigenvalue weighted by atomic mass is 35.5. The van der Waals surface area contributed by atoms with Crippen molar-refractivity contribution in [3.63, 3.8) is 0 Å². The molecular weight excluding hydrogens is 404 g/mol. The van der Waals surface area contributed by atoms with Gasteiger partial charge in [0.1, 0.15) is 5.75 Å². The zero-order chi connectivity index (χ0) is 21.0. The van der Waals surface area contributed by atoms with Crippen LogP contribution in [0.4, 0.5) is 5.69 Å². The van der Waals surface area contributed by atoms with E-state index in [9.17, 15) is 14.4 Å². The summed E-state index contributed by atoms with van der Waals surface area (Å²) in [6.07, 6.45) is 1.74. The summed E-state index contributed by atoms with van der Waals surface area (Å²) >= 11 is 5.97. The van der Waals surface area contributed by atoms with Crippen LogP contribution in [0.2, 0.25) is 5.02 Å². The number of imide groups is 1. The van der Waals surface area contributed by atoms with E-state index in [2.05, 4.69) is 4.90 Å². The van der Waals surface area contributed by atoms with Crippen LogP contribution in [-0.2, 0) is 9.59 Å². The van der Waals surface area contributed by atoms with Gasteiger partial charge in [0.15, 0.2) is 5.78 Å². The first-order valence-electron chi connectivity index (χ1n) is 10.1. The molecule has 0 unspecified atom stereocenters. The van der Waals surface area contributed by atoms with Crippen LogP contribution in [0.15, 0.2) is 48.5 Å². The molecule has 3 aliphatic heterocycles. The summed E-state index contributed by atoms with van der Waals surface area (Å²) < 4.78 is 5.18. The minimum absolute atomic E-state index is 0.0732. The lowest BCUT2D eigenvalue weighted by Crippen LogP contribution is -2.46. The smallest absolute Gasteiger partial charge is 0.239 e. The molecule has 7 heteroatoms. The number of hydrogen-bond acceptors (Lipinski definition) is 5. The molecule has 3 aliphatic rings. The fraction of sp³-hybridized carbons (Fsp3) is 0.348. The van der Waals surface area contributed by atoms with Crippen LogP contribution in [-0.4, -0.2) is 48.2 Å². The first-order valence-corrected chi connectivity index (χ1v) is 10.5. The number of nitrogens with zero attached hydrogens (tertiary/aromatic N) is 2. The molecule has 3 saturated heterocycles. The maximum absolute atomic E-state index is 13.5. The van der Waals surface area contributed by atoms with Gasteiger partial charge >= 0.3 is 0 Å². The van der Waals surface area contributed by atoms with Crippen molar-refractivity contribution < 1.29 is 19.1 Å². The number of ketones is 1. The number of methoxy groups -OCH3 is 1. The molecule has 154 valence electrons. The second kappa shape index (κ2) is 7.22. The third-order valence-electron chi connectivity index (χ3n) is 6.58. The van der Waals surface area contributed by atoms with Gasteiger partial charge in [-0.25, -0.2) is 4.90 Å². The van der Waals surface area contributed by atoms with Gasteiger partial charge in [0.05, 0.1) is 30.7 Å². The van der Waals surface area contributed by atoms with E-state index in [0.29, 0.717) is 22.0 Å². The summed E-state index contributed by atoms with van der Waals surface area (Å²) in [6.45, 7) is 0.728. The van der Waals surface area contributed by atoms with Crippen LogP contribution in [0.25, 0.3) is 0 Å². The molecule has 0 N–H and O–H groups in total. The Morgan fingerprint density at radius 3 is 2.33 bits per heavy atom. The summed E-state index contributed by atoms with van der Waals surface area (Å²) in [7, 11) is 1.57. The number of benzene rings is 2. The lowest BCUT2D eigenvalue weighted by Gasteiger charge is -2.27. The fourth-order valence-corrected chi connectivity index (χ4v) is 5.41. The molecule has 0 bridgehead atoms. The highest BCUT2D eigenvalue weighted by Crippen LogP contribution is 2.48. The number of halogens is 1. The minimum atomic E-state index is -0.659. The fourth-order valence-electron chi connectivity index (χ4n) is 5.29. The van der Waals surface area contributed by atoms with Crippen LogP contribution < -0.4 is 9.64 Å². The maximum atomic E-state index is 13.5. The van der Waals surface area contributed by atoms with E-state index in [4.69, 9.17) is 16.3 Å². The van der Waals surface area contributed by atoms with Crippen molar-refractivity contribution in [3.8, 4) is 5.75 Å². The molecule has 0 saturated carbocycles. The number of carbonyl (C=O) groups excluding carboxylic acids is 3. The SMILES string of the molecule is COc1ccc(C(=O)[C@@H]2[C@H]3C(=O)N(c4ccc(Cl)cc4)C(=O)[C@@H]3[C@H]3CCCN32)cc1. The Labute approximate surface area is 179 Å². The number of ether oxygens (including phenoxy) is 1. The van der Waals surface area contributed by atoms with Gasteiger partial charge in [-0.05, 0) is 67.9 Å². The van der Waals surface area contributed by atoms with Crippen molar-refractivity contribution in [2.45, 2.75) is 24.9 Å². The summed E-state index contributed by atoms with van der Waals surface area (Å²) in [4.78, 5) is 43.6. The number of carbonyl (C=O) groups is 3. The Morgan fingerprint density at radius 2 is 1.67 bits per heavy atom. The van der Waals surface area contributed by atoms with Gasteiger partial charge < -0.3 is 4.74 Å². The number of fused-ring (bicyclic) bond motifs is 3. The zero-order valence-corrected chi connectivity index (χ0v) is 17.2. The molecule has 3 fully saturated rings. The average molecular weight is 425 g/mol. The lowest BCUT2D eigenvalue weighted by atomic mass is 9.85. The third kappa shape index (κ3) is 2.78. The molecule has 0 spiro atoms. The molecule has 0 aromatic heterocycles.